The van der Waals surface area contributed by atoms with E-state index < -0.39 is 0 Å². The SMILES string of the molecule is c1ncc(C2NCCOC23COC3)cn1. The molecule has 5 nitrogen and oxygen atoms in total. The summed E-state index contributed by atoms with van der Waals surface area (Å²) in [5.74, 6) is 0. The van der Waals surface area contributed by atoms with E-state index in [1.54, 1.807) is 0 Å². The van der Waals surface area contributed by atoms with E-state index in [1.165, 1.54) is 6.33 Å². The van der Waals surface area contributed by atoms with Crippen LogP contribution in [0, 0.1) is 0 Å². The van der Waals surface area contributed by atoms with Gasteiger partial charge in [-0.05, 0) is 0 Å². The molecule has 1 spiro atoms. The molecule has 15 heavy (non-hydrogen) atoms. The van der Waals surface area contributed by atoms with E-state index in [9.17, 15) is 0 Å². The zero-order valence-corrected chi connectivity index (χ0v) is 8.35. The van der Waals surface area contributed by atoms with Gasteiger partial charge >= 0.3 is 0 Å². The van der Waals surface area contributed by atoms with Crippen molar-refractivity contribution in [1.82, 2.24) is 15.3 Å². The number of nitrogens with zero attached hydrogens (tertiary/aromatic N) is 2. The predicted octanol–water partition coefficient (Wildman–Crippen LogP) is -0.0935. The summed E-state index contributed by atoms with van der Waals surface area (Å²) in [4.78, 5) is 8.07. The summed E-state index contributed by atoms with van der Waals surface area (Å²) in [7, 11) is 0. The van der Waals surface area contributed by atoms with Gasteiger partial charge in [0.25, 0.3) is 0 Å². The van der Waals surface area contributed by atoms with Crippen molar-refractivity contribution < 1.29 is 9.47 Å². The summed E-state index contributed by atoms with van der Waals surface area (Å²) >= 11 is 0. The van der Waals surface area contributed by atoms with Gasteiger partial charge in [0.2, 0.25) is 0 Å². The third-order valence-electron chi connectivity index (χ3n) is 2.97. The summed E-state index contributed by atoms with van der Waals surface area (Å²) in [6.45, 7) is 2.91. The van der Waals surface area contributed by atoms with Crippen LogP contribution in [0.15, 0.2) is 18.7 Å². The van der Waals surface area contributed by atoms with Crippen molar-refractivity contribution in [1.29, 1.82) is 0 Å². The molecule has 0 bridgehead atoms. The fraction of sp³-hybridized carbons (Fsp3) is 0.600. The first-order valence-electron chi connectivity index (χ1n) is 5.11. The molecule has 0 aliphatic carbocycles. The molecular weight excluding hydrogens is 194 g/mol. The van der Waals surface area contributed by atoms with Gasteiger partial charge in [-0.1, -0.05) is 0 Å². The van der Waals surface area contributed by atoms with E-state index in [0.29, 0.717) is 13.2 Å². The number of rotatable bonds is 1. The molecule has 1 aromatic heterocycles. The maximum atomic E-state index is 5.83. The van der Waals surface area contributed by atoms with Gasteiger partial charge in [-0.3, -0.25) is 0 Å². The first-order valence-corrected chi connectivity index (χ1v) is 5.11. The normalized spacial score (nSPS) is 28.7. The van der Waals surface area contributed by atoms with Crippen LogP contribution < -0.4 is 5.32 Å². The van der Waals surface area contributed by atoms with Crippen molar-refractivity contribution in [3.05, 3.63) is 24.3 Å². The number of ether oxygens (including phenoxy) is 2. The molecule has 0 amide bonds. The minimum atomic E-state index is -0.192. The lowest BCUT2D eigenvalue weighted by Crippen LogP contribution is -2.63. The van der Waals surface area contributed by atoms with Crippen LogP contribution in [0.4, 0.5) is 0 Å². The zero-order chi connectivity index (χ0) is 10.1. The summed E-state index contributed by atoms with van der Waals surface area (Å²) in [5, 5.41) is 3.44. The largest absolute Gasteiger partial charge is 0.375 e. The molecule has 1 atom stereocenters. The molecule has 2 fully saturated rings. The second-order valence-corrected chi connectivity index (χ2v) is 3.96. The van der Waals surface area contributed by atoms with Crippen LogP contribution in [0.5, 0.6) is 0 Å². The van der Waals surface area contributed by atoms with E-state index in [1.807, 2.05) is 12.4 Å². The molecular formula is C10H13N3O2. The Morgan fingerprint density at radius 1 is 1.33 bits per heavy atom. The zero-order valence-electron chi connectivity index (χ0n) is 8.35. The minimum absolute atomic E-state index is 0.154. The molecule has 3 rings (SSSR count). The first kappa shape index (κ1) is 9.21. The molecule has 2 aliphatic heterocycles. The van der Waals surface area contributed by atoms with Crippen LogP contribution in [0.2, 0.25) is 0 Å². The van der Waals surface area contributed by atoms with Crippen molar-refractivity contribution in [3.63, 3.8) is 0 Å². The maximum Gasteiger partial charge on any atom is 0.134 e. The van der Waals surface area contributed by atoms with E-state index in [4.69, 9.17) is 9.47 Å². The summed E-state index contributed by atoms with van der Waals surface area (Å²) in [5.41, 5.74) is 0.878. The van der Waals surface area contributed by atoms with E-state index in [2.05, 4.69) is 15.3 Å². The highest BCUT2D eigenvalue weighted by Gasteiger charge is 2.49. The quantitative estimate of drug-likeness (QED) is 0.697. The molecule has 3 heterocycles. The van der Waals surface area contributed by atoms with Crippen molar-refractivity contribution >= 4 is 0 Å². The van der Waals surface area contributed by atoms with Crippen LogP contribution in [0.25, 0.3) is 0 Å². The van der Waals surface area contributed by atoms with Gasteiger partial charge in [0.1, 0.15) is 11.9 Å². The highest BCUT2D eigenvalue weighted by atomic mass is 16.6. The lowest BCUT2D eigenvalue weighted by Gasteiger charge is -2.49. The molecule has 2 aliphatic rings. The van der Waals surface area contributed by atoms with E-state index in [0.717, 1.165) is 18.7 Å². The highest BCUT2D eigenvalue weighted by Crippen LogP contribution is 2.37. The van der Waals surface area contributed by atoms with Crippen molar-refractivity contribution in [3.8, 4) is 0 Å². The Morgan fingerprint density at radius 2 is 2.13 bits per heavy atom. The van der Waals surface area contributed by atoms with Gasteiger partial charge in [-0.25, -0.2) is 9.97 Å². The monoisotopic (exact) mass is 207 g/mol. The minimum Gasteiger partial charge on any atom is -0.375 e. The third-order valence-corrected chi connectivity index (χ3v) is 2.97. The number of hydrogen-bond donors (Lipinski definition) is 1. The number of aromatic nitrogens is 2. The van der Waals surface area contributed by atoms with Gasteiger partial charge in [0.05, 0.1) is 25.9 Å². The lowest BCUT2D eigenvalue weighted by molar-refractivity contribution is -0.239. The standard InChI is InChI=1S/C10H13N3O2/c1-2-15-10(5-14-6-10)9(13-1)8-3-11-7-12-4-8/h3-4,7,9,13H,1-2,5-6H2. The molecule has 1 unspecified atom stereocenters. The van der Waals surface area contributed by atoms with E-state index in [-0.39, 0.29) is 11.6 Å². The Labute approximate surface area is 87.8 Å². The fourth-order valence-corrected chi connectivity index (χ4v) is 2.16. The smallest absolute Gasteiger partial charge is 0.134 e. The van der Waals surface area contributed by atoms with Crippen molar-refractivity contribution in [2.45, 2.75) is 11.6 Å². The Hall–Kier alpha value is -1.04. The molecule has 1 aromatic rings. The fourth-order valence-electron chi connectivity index (χ4n) is 2.16. The molecule has 1 N–H and O–H groups in total. The molecule has 0 aromatic carbocycles. The van der Waals surface area contributed by atoms with Crippen molar-refractivity contribution in [2.24, 2.45) is 0 Å². The average Bonchev–Trinajstić information content (AvgIpc) is 2.28. The van der Waals surface area contributed by atoms with Crippen LogP contribution in [0.3, 0.4) is 0 Å². The van der Waals surface area contributed by atoms with Crippen molar-refractivity contribution in [2.75, 3.05) is 26.4 Å². The first-order chi connectivity index (χ1) is 7.41. The Kier molecular flexibility index (Phi) is 2.16. The second-order valence-electron chi connectivity index (χ2n) is 3.96. The Morgan fingerprint density at radius 3 is 2.80 bits per heavy atom. The average molecular weight is 207 g/mol. The molecule has 2 saturated heterocycles. The topological polar surface area (TPSA) is 56.3 Å². The second kappa shape index (κ2) is 3.52. The summed E-state index contributed by atoms with van der Waals surface area (Å²) in [6, 6.07) is 0.154. The molecule has 80 valence electrons. The van der Waals surface area contributed by atoms with Gasteiger partial charge in [0.15, 0.2) is 0 Å². The Bertz CT molecular complexity index is 340. The van der Waals surface area contributed by atoms with Crippen LogP contribution in [0.1, 0.15) is 11.6 Å². The molecule has 5 heteroatoms. The number of morpholine rings is 1. The van der Waals surface area contributed by atoms with Crippen LogP contribution in [-0.4, -0.2) is 41.9 Å². The summed E-state index contributed by atoms with van der Waals surface area (Å²) in [6.07, 6.45) is 5.20. The van der Waals surface area contributed by atoms with Gasteiger partial charge in [-0.2, -0.15) is 0 Å². The van der Waals surface area contributed by atoms with Gasteiger partial charge < -0.3 is 14.8 Å². The number of hydrogen-bond acceptors (Lipinski definition) is 5. The maximum absolute atomic E-state index is 5.83. The number of nitrogens with one attached hydrogen (secondary N) is 1. The highest BCUT2D eigenvalue weighted by molar-refractivity contribution is 5.18. The van der Waals surface area contributed by atoms with Gasteiger partial charge in [0, 0.05) is 24.5 Å². The lowest BCUT2D eigenvalue weighted by atomic mass is 9.86. The van der Waals surface area contributed by atoms with Crippen LogP contribution in [-0.2, 0) is 9.47 Å². The van der Waals surface area contributed by atoms with E-state index >= 15 is 0 Å². The third kappa shape index (κ3) is 1.43. The molecule has 0 radical (unpaired) electrons. The molecule has 0 saturated carbocycles. The predicted molar refractivity (Wildman–Crippen MR) is 52.3 cm³/mol. The van der Waals surface area contributed by atoms with Crippen LogP contribution >= 0.6 is 0 Å². The summed E-state index contributed by atoms with van der Waals surface area (Å²) < 4.78 is 11.1. The Balaban J connectivity index is 1.89. The van der Waals surface area contributed by atoms with Gasteiger partial charge in [-0.15, -0.1) is 0 Å².